The maximum absolute atomic E-state index is 9.85. The van der Waals surface area contributed by atoms with Gasteiger partial charge in [0.15, 0.2) is 0 Å². The molecule has 0 saturated carbocycles. The van der Waals surface area contributed by atoms with Gasteiger partial charge in [0.05, 0.1) is 24.4 Å². The van der Waals surface area contributed by atoms with E-state index in [1.807, 2.05) is 0 Å². The van der Waals surface area contributed by atoms with Crippen molar-refractivity contribution < 1.29 is 14.9 Å². The summed E-state index contributed by atoms with van der Waals surface area (Å²) in [7, 11) is 0. The van der Waals surface area contributed by atoms with Crippen molar-refractivity contribution >= 4 is 0 Å². The molecule has 2 heterocycles. The molecule has 0 radical (unpaired) electrons. The number of hydrogen-bond acceptors (Lipinski definition) is 4. The molecule has 0 aliphatic carbocycles. The molecular weight excluding hydrogens is 206 g/mol. The van der Waals surface area contributed by atoms with Gasteiger partial charge in [-0.3, -0.25) is 4.90 Å². The second kappa shape index (κ2) is 4.26. The fraction of sp³-hybridized carbons (Fsp3) is 1.00. The minimum Gasteiger partial charge on any atom is -0.396 e. The Balaban J connectivity index is 2.06. The predicted molar refractivity (Wildman–Crippen MR) is 61.2 cm³/mol. The van der Waals surface area contributed by atoms with Gasteiger partial charge in [-0.05, 0) is 27.2 Å². The lowest BCUT2D eigenvalue weighted by Gasteiger charge is -2.31. The molecule has 0 aromatic carbocycles. The van der Waals surface area contributed by atoms with Gasteiger partial charge in [-0.25, -0.2) is 0 Å². The fourth-order valence-electron chi connectivity index (χ4n) is 3.02. The molecule has 2 aliphatic heterocycles. The summed E-state index contributed by atoms with van der Waals surface area (Å²) in [6.07, 6.45) is 0.751. The van der Waals surface area contributed by atoms with Crippen LogP contribution < -0.4 is 0 Å². The van der Waals surface area contributed by atoms with Crippen LogP contribution in [0.5, 0.6) is 0 Å². The molecule has 0 aromatic heterocycles. The highest BCUT2D eigenvalue weighted by Gasteiger charge is 2.49. The second-order valence-corrected chi connectivity index (χ2v) is 5.96. The van der Waals surface area contributed by atoms with Gasteiger partial charge in [0.25, 0.3) is 0 Å². The Labute approximate surface area is 97.2 Å². The maximum atomic E-state index is 9.85. The molecule has 0 amide bonds. The summed E-state index contributed by atoms with van der Waals surface area (Å²) < 4.78 is 6.03. The van der Waals surface area contributed by atoms with E-state index in [0.29, 0.717) is 6.54 Å². The number of hydrogen-bond donors (Lipinski definition) is 2. The number of ether oxygens (including phenoxy) is 1. The molecule has 2 saturated heterocycles. The van der Waals surface area contributed by atoms with Crippen molar-refractivity contribution in [1.82, 2.24) is 4.90 Å². The minimum atomic E-state index is -0.402. The smallest absolute Gasteiger partial charge is 0.0754 e. The highest BCUT2D eigenvalue weighted by molar-refractivity contribution is 5.02. The van der Waals surface area contributed by atoms with Gasteiger partial charge < -0.3 is 14.9 Å². The monoisotopic (exact) mass is 229 g/mol. The van der Waals surface area contributed by atoms with Crippen LogP contribution in [-0.4, -0.2) is 58.7 Å². The van der Waals surface area contributed by atoms with E-state index in [0.717, 1.165) is 13.0 Å². The lowest BCUT2D eigenvalue weighted by Crippen LogP contribution is -2.41. The Hall–Kier alpha value is -0.160. The van der Waals surface area contributed by atoms with Gasteiger partial charge in [0.2, 0.25) is 0 Å². The first kappa shape index (κ1) is 12.3. The highest BCUT2D eigenvalue weighted by atomic mass is 16.5. The summed E-state index contributed by atoms with van der Waals surface area (Å²) in [6.45, 7) is 7.85. The lowest BCUT2D eigenvalue weighted by atomic mass is 9.95. The molecule has 94 valence electrons. The minimum absolute atomic E-state index is 0.0464. The van der Waals surface area contributed by atoms with Gasteiger partial charge in [-0.15, -0.1) is 0 Å². The molecule has 4 nitrogen and oxygen atoms in total. The first-order chi connectivity index (χ1) is 7.42. The quantitative estimate of drug-likeness (QED) is 0.711. The van der Waals surface area contributed by atoms with E-state index < -0.39 is 6.10 Å². The maximum Gasteiger partial charge on any atom is 0.0754 e. The van der Waals surface area contributed by atoms with Crippen LogP contribution in [0.4, 0.5) is 0 Å². The normalized spacial score (nSPS) is 40.3. The zero-order valence-electron chi connectivity index (χ0n) is 10.4. The van der Waals surface area contributed by atoms with Crippen LogP contribution in [0, 0.1) is 5.92 Å². The molecule has 4 heteroatoms. The third-order valence-corrected chi connectivity index (χ3v) is 3.57. The SMILES string of the molecule is CC(C)(C)O[C@H]1CCN2C[C@@H](O)[C@H](CO)[C@@H]12. The van der Waals surface area contributed by atoms with Crippen LogP contribution in [0.25, 0.3) is 0 Å². The summed E-state index contributed by atoms with van der Waals surface area (Å²) in [5, 5.41) is 19.2. The highest BCUT2D eigenvalue weighted by Crippen LogP contribution is 2.36. The van der Waals surface area contributed by atoms with Crippen molar-refractivity contribution in [3.8, 4) is 0 Å². The Bertz CT molecular complexity index is 251. The van der Waals surface area contributed by atoms with E-state index >= 15 is 0 Å². The van der Waals surface area contributed by atoms with E-state index in [2.05, 4.69) is 25.7 Å². The first-order valence-corrected chi connectivity index (χ1v) is 6.13. The zero-order valence-corrected chi connectivity index (χ0v) is 10.4. The molecule has 2 rings (SSSR count). The molecule has 2 N–H and O–H groups in total. The molecular formula is C12H23NO3. The van der Waals surface area contributed by atoms with Crippen molar-refractivity contribution in [2.45, 2.75) is 51.0 Å². The molecule has 0 aromatic rings. The summed E-state index contributed by atoms with van der Waals surface area (Å²) in [5.41, 5.74) is -0.159. The third-order valence-electron chi connectivity index (χ3n) is 3.57. The predicted octanol–water partition coefficient (Wildman–Crippen LogP) is 0.227. The van der Waals surface area contributed by atoms with Gasteiger partial charge in [-0.1, -0.05) is 0 Å². The summed E-state index contributed by atoms with van der Waals surface area (Å²) in [5.74, 6) is -0.0464. The van der Waals surface area contributed by atoms with Crippen LogP contribution in [-0.2, 0) is 4.74 Å². The number of nitrogens with zero attached hydrogens (tertiary/aromatic N) is 1. The summed E-state index contributed by atoms with van der Waals surface area (Å²) in [6, 6.07) is 0.194. The number of aliphatic hydroxyl groups is 2. The average Bonchev–Trinajstić information content (AvgIpc) is 2.63. The van der Waals surface area contributed by atoms with E-state index in [9.17, 15) is 10.2 Å². The van der Waals surface area contributed by atoms with Crippen LogP contribution in [0.2, 0.25) is 0 Å². The van der Waals surface area contributed by atoms with Gasteiger partial charge in [-0.2, -0.15) is 0 Å². The van der Waals surface area contributed by atoms with E-state index in [-0.39, 0.29) is 30.3 Å². The van der Waals surface area contributed by atoms with Gasteiger partial charge in [0.1, 0.15) is 0 Å². The number of aliphatic hydroxyl groups excluding tert-OH is 2. The number of fused-ring (bicyclic) bond motifs is 1. The molecule has 0 spiro atoms. The van der Waals surface area contributed by atoms with Gasteiger partial charge in [0, 0.05) is 25.0 Å². The largest absolute Gasteiger partial charge is 0.396 e. The average molecular weight is 229 g/mol. The second-order valence-electron chi connectivity index (χ2n) is 5.96. The summed E-state index contributed by atoms with van der Waals surface area (Å²) in [4.78, 5) is 2.25. The van der Waals surface area contributed by atoms with Crippen LogP contribution in [0.15, 0.2) is 0 Å². The topological polar surface area (TPSA) is 52.9 Å². The standard InChI is InChI=1S/C12H23NO3/c1-12(2,3)16-10-4-5-13-6-9(15)8(7-14)11(10)13/h8-11,14-15H,4-7H2,1-3H3/t8-,9+,10-,11-/m0/s1. The van der Waals surface area contributed by atoms with Crippen molar-refractivity contribution in [3.63, 3.8) is 0 Å². The molecule has 2 aliphatic rings. The van der Waals surface area contributed by atoms with Crippen molar-refractivity contribution in [2.75, 3.05) is 19.7 Å². The molecule has 16 heavy (non-hydrogen) atoms. The Morgan fingerprint density at radius 3 is 2.62 bits per heavy atom. The number of rotatable bonds is 2. The Kier molecular flexibility index (Phi) is 3.27. The Morgan fingerprint density at radius 1 is 1.38 bits per heavy atom. The first-order valence-electron chi connectivity index (χ1n) is 6.13. The van der Waals surface area contributed by atoms with Crippen LogP contribution in [0.1, 0.15) is 27.2 Å². The third kappa shape index (κ3) is 2.25. The van der Waals surface area contributed by atoms with Crippen molar-refractivity contribution in [1.29, 1.82) is 0 Å². The van der Waals surface area contributed by atoms with Crippen molar-refractivity contribution in [3.05, 3.63) is 0 Å². The fourth-order valence-corrected chi connectivity index (χ4v) is 3.02. The van der Waals surface area contributed by atoms with Crippen LogP contribution >= 0.6 is 0 Å². The van der Waals surface area contributed by atoms with E-state index in [1.165, 1.54) is 0 Å². The van der Waals surface area contributed by atoms with Crippen molar-refractivity contribution in [2.24, 2.45) is 5.92 Å². The lowest BCUT2D eigenvalue weighted by molar-refractivity contribution is -0.0809. The van der Waals surface area contributed by atoms with E-state index in [1.54, 1.807) is 0 Å². The van der Waals surface area contributed by atoms with Crippen LogP contribution in [0.3, 0.4) is 0 Å². The van der Waals surface area contributed by atoms with E-state index in [4.69, 9.17) is 4.74 Å². The summed E-state index contributed by atoms with van der Waals surface area (Å²) >= 11 is 0. The molecule has 2 fully saturated rings. The van der Waals surface area contributed by atoms with Gasteiger partial charge >= 0.3 is 0 Å². The molecule has 4 atom stereocenters. The molecule has 0 bridgehead atoms. The Morgan fingerprint density at radius 2 is 2.06 bits per heavy atom. The molecule has 0 unspecified atom stereocenters. The zero-order chi connectivity index (χ0) is 11.9.